The zero-order valence-electron chi connectivity index (χ0n) is 14.7. The first kappa shape index (κ1) is 20.3. The second-order valence-corrected chi connectivity index (χ2v) is 7.91. The molecule has 1 amide bonds. The fraction of sp³-hybridized carbons (Fsp3) is 0.562. The Balaban J connectivity index is 2.16. The molecule has 1 atom stereocenters. The average molecular weight is 384 g/mol. The first-order valence-electron chi connectivity index (χ1n) is 8.62. The second-order valence-electron chi connectivity index (χ2n) is 6.02. The lowest BCUT2D eigenvalue weighted by molar-refractivity contribution is -0.384. The monoisotopic (exact) mass is 384 g/mol. The molecule has 0 aliphatic carbocycles. The highest BCUT2D eigenvalue weighted by atomic mass is 32.2. The van der Waals surface area contributed by atoms with Crippen LogP contribution in [0, 0.1) is 10.1 Å². The summed E-state index contributed by atoms with van der Waals surface area (Å²) in [7, 11) is -3.90. The van der Waals surface area contributed by atoms with Gasteiger partial charge in [-0.2, -0.15) is 4.31 Å². The lowest BCUT2D eigenvalue weighted by atomic mass is 10.0. The van der Waals surface area contributed by atoms with Gasteiger partial charge in [0.25, 0.3) is 5.69 Å². The summed E-state index contributed by atoms with van der Waals surface area (Å²) in [6.45, 7) is 4.05. The minimum absolute atomic E-state index is 0.0459. The van der Waals surface area contributed by atoms with Crippen LogP contribution in [0.1, 0.15) is 26.2 Å². The van der Waals surface area contributed by atoms with Gasteiger partial charge in [-0.25, -0.2) is 8.42 Å². The number of benzene rings is 1. The number of likely N-dealkylation sites (N-methyl/N-ethyl adjacent to an activating group) is 1. The Morgan fingerprint density at radius 1 is 1.27 bits per heavy atom. The summed E-state index contributed by atoms with van der Waals surface area (Å²) in [5, 5.41) is 16.6. The summed E-state index contributed by atoms with van der Waals surface area (Å²) in [6, 6.07) is 3.97. The van der Waals surface area contributed by atoms with Crippen molar-refractivity contribution in [3.63, 3.8) is 0 Å². The van der Waals surface area contributed by atoms with Crippen LogP contribution in [0.2, 0.25) is 0 Å². The zero-order chi connectivity index (χ0) is 19.2. The van der Waals surface area contributed by atoms with Gasteiger partial charge in [-0.05, 0) is 31.5 Å². The number of nitro groups is 1. The minimum Gasteiger partial charge on any atom is -0.353 e. The van der Waals surface area contributed by atoms with E-state index in [-0.39, 0.29) is 23.0 Å². The Morgan fingerprint density at radius 3 is 2.58 bits per heavy atom. The highest BCUT2D eigenvalue weighted by Crippen LogP contribution is 2.26. The third-order valence-corrected chi connectivity index (χ3v) is 6.18. The molecule has 0 saturated carbocycles. The fourth-order valence-corrected chi connectivity index (χ4v) is 4.56. The number of carbonyl (C=O) groups is 1. The van der Waals surface area contributed by atoms with Gasteiger partial charge >= 0.3 is 0 Å². The van der Waals surface area contributed by atoms with E-state index in [4.69, 9.17) is 0 Å². The first-order valence-corrected chi connectivity index (χ1v) is 10.1. The van der Waals surface area contributed by atoms with E-state index in [9.17, 15) is 23.3 Å². The van der Waals surface area contributed by atoms with Gasteiger partial charge in [-0.15, -0.1) is 0 Å². The average Bonchev–Trinajstić information content (AvgIpc) is 2.65. The van der Waals surface area contributed by atoms with E-state index in [1.54, 1.807) is 0 Å². The maximum absolute atomic E-state index is 12.9. The molecule has 1 aliphatic rings. The Morgan fingerprint density at radius 2 is 1.96 bits per heavy atom. The van der Waals surface area contributed by atoms with Gasteiger partial charge in [0.15, 0.2) is 0 Å². The molecule has 1 aromatic rings. The lowest BCUT2D eigenvalue weighted by Crippen LogP contribution is -2.52. The Bertz CT molecular complexity index is 736. The third-order valence-electron chi connectivity index (χ3n) is 4.26. The van der Waals surface area contributed by atoms with E-state index in [1.807, 2.05) is 6.92 Å². The molecule has 0 spiro atoms. The number of piperidine rings is 1. The molecule has 26 heavy (non-hydrogen) atoms. The van der Waals surface area contributed by atoms with Gasteiger partial charge in [-0.3, -0.25) is 14.9 Å². The molecule has 1 aromatic carbocycles. The molecule has 1 fully saturated rings. The molecule has 1 heterocycles. The molecule has 9 nitrogen and oxygen atoms in total. The normalized spacial score (nSPS) is 18.4. The van der Waals surface area contributed by atoms with E-state index in [0.29, 0.717) is 25.9 Å². The first-order chi connectivity index (χ1) is 12.4. The molecule has 0 bridgehead atoms. The van der Waals surface area contributed by atoms with Crippen molar-refractivity contribution >= 4 is 21.6 Å². The van der Waals surface area contributed by atoms with E-state index < -0.39 is 21.0 Å². The largest absolute Gasteiger partial charge is 0.353 e. The van der Waals surface area contributed by atoms with Crippen molar-refractivity contribution in [2.45, 2.75) is 37.1 Å². The standard InChI is InChI=1S/C16H24N4O5S/c1-2-17-10-11-18-16(21)15-5-3-4-12-19(15)26(24,25)14-8-6-13(7-9-14)20(22)23/h6-9,15,17H,2-5,10-12H2,1H3,(H,18,21). The minimum atomic E-state index is -3.90. The maximum atomic E-state index is 12.9. The number of nitrogens with zero attached hydrogens (tertiary/aromatic N) is 2. The fourth-order valence-electron chi connectivity index (χ4n) is 2.90. The summed E-state index contributed by atoms with van der Waals surface area (Å²) >= 11 is 0. The van der Waals surface area contributed by atoms with Crippen LogP contribution in [-0.4, -0.2) is 55.8 Å². The van der Waals surface area contributed by atoms with Crippen molar-refractivity contribution in [2.75, 3.05) is 26.2 Å². The van der Waals surface area contributed by atoms with Crippen LogP contribution in [-0.2, 0) is 14.8 Å². The third kappa shape index (κ3) is 4.77. The summed E-state index contributed by atoms with van der Waals surface area (Å²) in [6.07, 6.45) is 1.91. The number of hydrogen-bond donors (Lipinski definition) is 2. The van der Waals surface area contributed by atoms with Gasteiger partial charge in [0.05, 0.1) is 9.82 Å². The molecule has 1 unspecified atom stereocenters. The van der Waals surface area contributed by atoms with Crippen molar-refractivity contribution < 1.29 is 18.1 Å². The Hall–Kier alpha value is -2.04. The van der Waals surface area contributed by atoms with Gasteiger partial charge in [-0.1, -0.05) is 13.3 Å². The molecular weight excluding hydrogens is 360 g/mol. The smallest absolute Gasteiger partial charge is 0.269 e. The van der Waals surface area contributed by atoms with Crippen LogP contribution in [0.5, 0.6) is 0 Å². The number of hydrogen-bond acceptors (Lipinski definition) is 6. The van der Waals surface area contributed by atoms with Crippen LogP contribution < -0.4 is 10.6 Å². The van der Waals surface area contributed by atoms with Crippen LogP contribution in [0.3, 0.4) is 0 Å². The molecule has 0 aromatic heterocycles. The van der Waals surface area contributed by atoms with Crippen molar-refractivity contribution in [1.29, 1.82) is 0 Å². The highest BCUT2D eigenvalue weighted by Gasteiger charge is 2.37. The van der Waals surface area contributed by atoms with E-state index >= 15 is 0 Å². The molecule has 1 aliphatic heterocycles. The van der Waals surface area contributed by atoms with Crippen molar-refractivity contribution in [3.05, 3.63) is 34.4 Å². The van der Waals surface area contributed by atoms with Gasteiger partial charge in [0.1, 0.15) is 6.04 Å². The summed E-state index contributed by atoms with van der Waals surface area (Å²) in [5.41, 5.74) is -0.180. The lowest BCUT2D eigenvalue weighted by Gasteiger charge is -2.33. The molecule has 1 saturated heterocycles. The van der Waals surface area contributed by atoms with Gasteiger partial charge in [0.2, 0.25) is 15.9 Å². The second kappa shape index (κ2) is 9.06. The van der Waals surface area contributed by atoms with Crippen molar-refractivity contribution in [1.82, 2.24) is 14.9 Å². The van der Waals surface area contributed by atoms with Crippen molar-refractivity contribution in [3.8, 4) is 0 Å². The van der Waals surface area contributed by atoms with Gasteiger partial charge < -0.3 is 10.6 Å². The predicted octanol–water partition coefficient (Wildman–Crippen LogP) is 0.864. The number of nitro benzene ring substituents is 1. The number of carbonyl (C=O) groups excluding carboxylic acids is 1. The number of amides is 1. The van der Waals surface area contributed by atoms with E-state index in [1.165, 1.54) is 16.4 Å². The molecule has 10 heteroatoms. The molecule has 0 radical (unpaired) electrons. The highest BCUT2D eigenvalue weighted by molar-refractivity contribution is 7.89. The van der Waals surface area contributed by atoms with Crippen LogP contribution in [0.4, 0.5) is 5.69 Å². The summed E-state index contributed by atoms with van der Waals surface area (Å²) in [4.78, 5) is 22.6. The molecule has 2 rings (SSSR count). The summed E-state index contributed by atoms with van der Waals surface area (Å²) < 4.78 is 27.1. The van der Waals surface area contributed by atoms with Crippen LogP contribution >= 0.6 is 0 Å². The maximum Gasteiger partial charge on any atom is 0.269 e. The van der Waals surface area contributed by atoms with Crippen LogP contribution in [0.25, 0.3) is 0 Å². The number of non-ortho nitro benzene ring substituents is 1. The molecular formula is C16H24N4O5S. The number of sulfonamides is 1. The van der Waals surface area contributed by atoms with Crippen molar-refractivity contribution in [2.24, 2.45) is 0 Å². The quantitative estimate of drug-likeness (QED) is 0.389. The molecule has 144 valence electrons. The SMILES string of the molecule is CCNCCNC(=O)C1CCCCN1S(=O)(=O)c1ccc([N+](=O)[O-])cc1. The Kier molecular flexibility index (Phi) is 7.06. The Labute approximate surface area is 153 Å². The topological polar surface area (TPSA) is 122 Å². The van der Waals surface area contributed by atoms with E-state index in [0.717, 1.165) is 25.1 Å². The number of nitrogens with one attached hydrogen (secondary N) is 2. The van der Waals surface area contributed by atoms with Gasteiger partial charge in [0, 0.05) is 31.8 Å². The zero-order valence-corrected chi connectivity index (χ0v) is 15.5. The number of rotatable bonds is 8. The van der Waals surface area contributed by atoms with E-state index in [2.05, 4.69) is 10.6 Å². The van der Waals surface area contributed by atoms with Crippen LogP contribution in [0.15, 0.2) is 29.2 Å². The molecule has 2 N–H and O–H groups in total. The predicted molar refractivity (Wildman–Crippen MR) is 96.2 cm³/mol. The summed E-state index contributed by atoms with van der Waals surface area (Å²) in [5.74, 6) is -0.312.